The molecule has 0 unspecified atom stereocenters. The van der Waals surface area contributed by atoms with Crippen LogP contribution in [0.5, 0.6) is 0 Å². The predicted molar refractivity (Wildman–Crippen MR) is 86.7 cm³/mol. The molecule has 2 aliphatic rings. The van der Waals surface area contributed by atoms with E-state index in [4.69, 9.17) is 4.98 Å². The molecule has 2 aliphatic heterocycles. The third kappa shape index (κ3) is 3.86. The SMILES string of the molecule is CCCc1cn(CCN2CCCC2)c(C2CCNCC2)n1. The van der Waals surface area contributed by atoms with Crippen LogP contribution < -0.4 is 5.32 Å². The Labute approximate surface area is 128 Å². The van der Waals surface area contributed by atoms with E-state index >= 15 is 0 Å². The van der Waals surface area contributed by atoms with Crippen LogP contribution in [0, 0.1) is 0 Å². The van der Waals surface area contributed by atoms with Gasteiger partial charge in [-0.1, -0.05) is 13.3 Å². The molecule has 2 saturated heterocycles. The summed E-state index contributed by atoms with van der Waals surface area (Å²) in [7, 11) is 0. The first kappa shape index (κ1) is 15.0. The molecule has 0 bridgehead atoms. The molecule has 0 spiro atoms. The molecule has 1 aromatic rings. The van der Waals surface area contributed by atoms with Gasteiger partial charge in [0, 0.05) is 25.2 Å². The van der Waals surface area contributed by atoms with Crippen LogP contribution in [0.2, 0.25) is 0 Å². The topological polar surface area (TPSA) is 33.1 Å². The number of rotatable bonds is 6. The Bertz CT molecular complexity index is 428. The fraction of sp³-hybridized carbons (Fsp3) is 0.824. The van der Waals surface area contributed by atoms with Crippen molar-refractivity contribution in [3.63, 3.8) is 0 Å². The van der Waals surface area contributed by atoms with E-state index in [0.29, 0.717) is 5.92 Å². The molecule has 4 heteroatoms. The highest BCUT2D eigenvalue weighted by Crippen LogP contribution is 2.25. The van der Waals surface area contributed by atoms with Crippen molar-refractivity contribution in [1.82, 2.24) is 19.8 Å². The minimum atomic E-state index is 0.662. The Morgan fingerprint density at radius 2 is 1.95 bits per heavy atom. The molecule has 0 aliphatic carbocycles. The van der Waals surface area contributed by atoms with Crippen molar-refractivity contribution in [2.75, 3.05) is 32.7 Å². The predicted octanol–water partition coefficient (Wildman–Crippen LogP) is 2.40. The van der Waals surface area contributed by atoms with E-state index in [9.17, 15) is 0 Å². The number of hydrogen-bond donors (Lipinski definition) is 1. The Morgan fingerprint density at radius 1 is 1.19 bits per heavy atom. The lowest BCUT2D eigenvalue weighted by molar-refractivity contribution is 0.316. The van der Waals surface area contributed by atoms with Crippen LogP contribution >= 0.6 is 0 Å². The number of nitrogens with one attached hydrogen (secondary N) is 1. The summed E-state index contributed by atoms with van der Waals surface area (Å²) in [6.07, 6.45) is 9.89. The molecule has 4 nitrogen and oxygen atoms in total. The Kier molecular flexibility index (Phi) is 5.31. The summed E-state index contributed by atoms with van der Waals surface area (Å²) in [5.41, 5.74) is 1.30. The third-order valence-corrected chi connectivity index (χ3v) is 4.92. The first-order valence-electron chi connectivity index (χ1n) is 8.86. The van der Waals surface area contributed by atoms with Gasteiger partial charge in [0.15, 0.2) is 0 Å². The van der Waals surface area contributed by atoms with E-state index in [-0.39, 0.29) is 0 Å². The van der Waals surface area contributed by atoms with Crippen molar-refractivity contribution in [3.05, 3.63) is 17.7 Å². The molecular weight excluding hydrogens is 260 g/mol. The van der Waals surface area contributed by atoms with E-state index < -0.39 is 0 Å². The number of nitrogens with zero attached hydrogens (tertiary/aromatic N) is 3. The maximum atomic E-state index is 4.99. The zero-order valence-corrected chi connectivity index (χ0v) is 13.5. The van der Waals surface area contributed by atoms with Gasteiger partial charge in [-0.05, 0) is 58.3 Å². The molecule has 0 amide bonds. The third-order valence-electron chi connectivity index (χ3n) is 4.92. The van der Waals surface area contributed by atoms with Gasteiger partial charge in [-0.2, -0.15) is 0 Å². The maximum Gasteiger partial charge on any atom is 0.112 e. The summed E-state index contributed by atoms with van der Waals surface area (Å²) in [5, 5.41) is 3.47. The molecule has 0 aromatic carbocycles. The zero-order valence-electron chi connectivity index (χ0n) is 13.5. The van der Waals surface area contributed by atoms with Gasteiger partial charge in [-0.3, -0.25) is 0 Å². The van der Waals surface area contributed by atoms with Gasteiger partial charge in [0.1, 0.15) is 5.82 Å². The molecular formula is C17H30N4. The van der Waals surface area contributed by atoms with Gasteiger partial charge in [-0.15, -0.1) is 0 Å². The molecule has 3 heterocycles. The summed E-state index contributed by atoms with van der Waals surface area (Å²) < 4.78 is 2.47. The van der Waals surface area contributed by atoms with Crippen molar-refractivity contribution in [1.29, 1.82) is 0 Å². The molecule has 118 valence electrons. The van der Waals surface area contributed by atoms with Crippen molar-refractivity contribution < 1.29 is 0 Å². The fourth-order valence-electron chi connectivity index (χ4n) is 3.70. The molecule has 3 rings (SSSR count). The molecule has 0 atom stereocenters. The van der Waals surface area contributed by atoms with Crippen LogP contribution in [0.4, 0.5) is 0 Å². The number of piperidine rings is 1. The average molecular weight is 290 g/mol. The largest absolute Gasteiger partial charge is 0.333 e. The second kappa shape index (κ2) is 7.41. The smallest absolute Gasteiger partial charge is 0.112 e. The Hall–Kier alpha value is -0.870. The summed E-state index contributed by atoms with van der Waals surface area (Å²) in [5.74, 6) is 2.02. The van der Waals surface area contributed by atoms with Gasteiger partial charge in [-0.25, -0.2) is 4.98 Å². The van der Waals surface area contributed by atoms with E-state index in [1.807, 2.05) is 0 Å². The number of aromatic nitrogens is 2. The summed E-state index contributed by atoms with van der Waals surface area (Å²) in [6.45, 7) is 9.43. The standard InChI is InChI=1S/C17H30N4/c1-2-5-16-14-21(13-12-20-10-3-4-11-20)17(19-16)15-6-8-18-9-7-15/h14-15,18H,2-13H2,1H3. The number of hydrogen-bond acceptors (Lipinski definition) is 3. The average Bonchev–Trinajstić information content (AvgIpc) is 3.16. The van der Waals surface area contributed by atoms with Crippen molar-refractivity contribution in [3.8, 4) is 0 Å². The summed E-state index contributed by atoms with van der Waals surface area (Å²) in [4.78, 5) is 7.59. The zero-order chi connectivity index (χ0) is 14.5. The summed E-state index contributed by atoms with van der Waals surface area (Å²) >= 11 is 0. The van der Waals surface area contributed by atoms with Gasteiger partial charge < -0.3 is 14.8 Å². The monoisotopic (exact) mass is 290 g/mol. The second-order valence-electron chi connectivity index (χ2n) is 6.61. The van der Waals surface area contributed by atoms with E-state index in [1.165, 1.54) is 63.3 Å². The Morgan fingerprint density at radius 3 is 2.67 bits per heavy atom. The van der Waals surface area contributed by atoms with Gasteiger partial charge in [0.05, 0.1) is 5.69 Å². The number of aryl methyl sites for hydroxylation is 1. The molecule has 0 saturated carbocycles. The highest BCUT2D eigenvalue weighted by molar-refractivity contribution is 5.10. The van der Waals surface area contributed by atoms with E-state index in [1.54, 1.807) is 0 Å². The van der Waals surface area contributed by atoms with Gasteiger partial charge >= 0.3 is 0 Å². The molecule has 1 N–H and O–H groups in total. The van der Waals surface area contributed by atoms with Crippen molar-refractivity contribution >= 4 is 0 Å². The van der Waals surface area contributed by atoms with Crippen LogP contribution in [0.25, 0.3) is 0 Å². The quantitative estimate of drug-likeness (QED) is 0.873. The van der Waals surface area contributed by atoms with Crippen molar-refractivity contribution in [2.24, 2.45) is 0 Å². The van der Waals surface area contributed by atoms with Crippen LogP contribution in [0.3, 0.4) is 0 Å². The number of imidazole rings is 1. The lowest BCUT2D eigenvalue weighted by Gasteiger charge is -2.24. The van der Waals surface area contributed by atoms with Crippen LogP contribution in [-0.4, -0.2) is 47.2 Å². The van der Waals surface area contributed by atoms with Crippen LogP contribution in [-0.2, 0) is 13.0 Å². The lowest BCUT2D eigenvalue weighted by atomic mass is 9.97. The maximum absolute atomic E-state index is 4.99. The van der Waals surface area contributed by atoms with E-state index in [2.05, 4.69) is 27.9 Å². The van der Waals surface area contributed by atoms with Crippen LogP contribution in [0.1, 0.15) is 56.5 Å². The minimum absolute atomic E-state index is 0.662. The van der Waals surface area contributed by atoms with Gasteiger partial charge in [0.2, 0.25) is 0 Å². The normalized spacial score (nSPS) is 21.2. The first-order chi connectivity index (χ1) is 10.4. The summed E-state index contributed by atoms with van der Waals surface area (Å²) in [6, 6.07) is 0. The minimum Gasteiger partial charge on any atom is -0.333 e. The molecule has 21 heavy (non-hydrogen) atoms. The van der Waals surface area contributed by atoms with Crippen molar-refractivity contribution in [2.45, 2.75) is 57.9 Å². The highest BCUT2D eigenvalue weighted by Gasteiger charge is 2.21. The highest BCUT2D eigenvalue weighted by atomic mass is 15.2. The lowest BCUT2D eigenvalue weighted by Crippen LogP contribution is -2.29. The Balaban J connectivity index is 1.69. The number of likely N-dealkylation sites (tertiary alicyclic amines) is 1. The second-order valence-corrected chi connectivity index (χ2v) is 6.61. The van der Waals surface area contributed by atoms with E-state index in [0.717, 1.165) is 26.1 Å². The fourth-order valence-corrected chi connectivity index (χ4v) is 3.70. The molecule has 2 fully saturated rings. The molecule has 1 aromatic heterocycles. The molecule has 0 radical (unpaired) electrons. The van der Waals surface area contributed by atoms with Gasteiger partial charge in [0.25, 0.3) is 0 Å². The first-order valence-corrected chi connectivity index (χ1v) is 8.86. The van der Waals surface area contributed by atoms with Crippen LogP contribution in [0.15, 0.2) is 6.20 Å².